The molecule has 1 saturated carbocycles. The van der Waals surface area contributed by atoms with Gasteiger partial charge in [-0.25, -0.2) is 0 Å². The van der Waals surface area contributed by atoms with Crippen LogP contribution >= 0.6 is 0 Å². The Hall–Kier alpha value is -1.02. The van der Waals surface area contributed by atoms with E-state index in [9.17, 15) is 5.11 Å². The van der Waals surface area contributed by atoms with Gasteiger partial charge in [-0.2, -0.15) is 0 Å². The van der Waals surface area contributed by atoms with E-state index >= 15 is 0 Å². The summed E-state index contributed by atoms with van der Waals surface area (Å²) >= 11 is 0. The van der Waals surface area contributed by atoms with Crippen molar-refractivity contribution >= 4 is 0 Å². The number of hydrogen-bond donors (Lipinski definition) is 1. The zero-order valence-electron chi connectivity index (χ0n) is 13.6. The first-order chi connectivity index (χ1) is 10.8. The Balaban J connectivity index is 1.37. The largest absolute Gasteiger partial charge is 0.508 e. The summed E-state index contributed by atoms with van der Waals surface area (Å²) in [5.41, 5.74) is 2.67. The number of nitrogens with zero attached hydrogens (tertiary/aromatic N) is 1. The second-order valence-electron chi connectivity index (χ2n) is 7.67. The third kappa shape index (κ3) is 2.67. The number of likely N-dealkylation sites (tertiary alicyclic amines) is 1. The average Bonchev–Trinajstić information content (AvgIpc) is 3.18. The molecule has 1 N–H and O–H groups in total. The predicted octanol–water partition coefficient (Wildman–Crippen LogP) is 4.47. The fourth-order valence-corrected chi connectivity index (χ4v) is 5.33. The summed E-state index contributed by atoms with van der Waals surface area (Å²) in [6.07, 6.45) is 12.3. The Morgan fingerprint density at radius 1 is 1.09 bits per heavy atom. The maximum Gasteiger partial charge on any atom is 0.119 e. The smallest absolute Gasteiger partial charge is 0.119 e. The zero-order valence-corrected chi connectivity index (χ0v) is 13.6. The minimum Gasteiger partial charge on any atom is -0.508 e. The number of rotatable bonds is 4. The fourth-order valence-electron chi connectivity index (χ4n) is 5.33. The highest BCUT2D eigenvalue weighted by Gasteiger charge is 2.38. The molecule has 2 aliphatic carbocycles. The number of phenols is 1. The molecule has 0 spiro atoms. The molecular weight excluding hydrogens is 270 g/mol. The monoisotopic (exact) mass is 299 g/mol. The van der Waals surface area contributed by atoms with Crippen LogP contribution in [0, 0.1) is 5.92 Å². The van der Waals surface area contributed by atoms with Crippen molar-refractivity contribution in [3.8, 4) is 5.75 Å². The number of benzene rings is 1. The van der Waals surface area contributed by atoms with Crippen molar-refractivity contribution in [2.75, 3.05) is 13.1 Å². The Kier molecular flexibility index (Phi) is 4.13. The summed E-state index contributed by atoms with van der Waals surface area (Å²) in [5, 5.41) is 10.1. The standard InChI is InChI=1S/C20H29NO/c22-20-9-3-8-16-17-12-14-21(19(17)11-10-18(16)20)13-4-7-15-5-1-2-6-15/h3,8-9,15,17,19,22H,1-2,4-7,10-14H2. The molecule has 1 aromatic carbocycles. The SMILES string of the molecule is Oc1cccc2c1CCC1C2CCN1CCCC1CCCC1. The summed E-state index contributed by atoms with van der Waals surface area (Å²) in [6, 6.07) is 6.87. The van der Waals surface area contributed by atoms with Crippen molar-refractivity contribution in [2.24, 2.45) is 5.92 Å². The molecule has 4 rings (SSSR count). The molecule has 22 heavy (non-hydrogen) atoms. The van der Waals surface area contributed by atoms with Crippen molar-refractivity contribution < 1.29 is 5.11 Å². The highest BCUT2D eigenvalue weighted by Crippen LogP contribution is 2.44. The molecular formula is C20H29NO. The number of hydrogen-bond acceptors (Lipinski definition) is 2. The maximum atomic E-state index is 10.1. The lowest BCUT2D eigenvalue weighted by molar-refractivity contribution is 0.217. The quantitative estimate of drug-likeness (QED) is 0.887. The first-order valence-electron chi connectivity index (χ1n) is 9.38. The van der Waals surface area contributed by atoms with Gasteiger partial charge in [-0.15, -0.1) is 0 Å². The Labute approximate surface area is 134 Å². The molecule has 2 nitrogen and oxygen atoms in total. The number of aromatic hydroxyl groups is 1. The van der Waals surface area contributed by atoms with E-state index in [0.717, 1.165) is 18.4 Å². The van der Waals surface area contributed by atoms with Crippen LogP contribution in [-0.4, -0.2) is 29.1 Å². The highest BCUT2D eigenvalue weighted by molar-refractivity contribution is 5.44. The van der Waals surface area contributed by atoms with E-state index in [1.807, 2.05) is 12.1 Å². The van der Waals surface area contributed by atoms with Crippen LogP contribution in [0.4, 0.5) is 0 Å². The predicted molar refractivity (Wildman–Crippen MR) is 90.3 cm³/mol. The van der Waals surface area contributed by atoms with E-state index in [4.69, 9.17) is 0 Å². The molecule has 1 aliphatic heterocycles. The van der Waals surface area contributed by atoms with Crippen molar-refractivity contribution in [2.45, 2.75) is 69.7 Å². The molecule has 0 radical (unpaired) electrons. The van der Waals surface area contributed by atoms with Crippen LogP contribution in [0.2, 0.25) is 0 Å². The number of phenolic OH excluding ortho intramolecular Hbond substituents is 1. The summed E-state index contributed by atoms with van der Waals surface area (Å²) in [7, 11) is 0. The molecule has 0 bridgehead atoms. The molecule has 120 valence electrons. The summed E-state index contributed by atoms with van der Waals surface area (Å²) < 4.78 is 0. The van der Waals surface area contributed by atoms with Gasteiger partial charge in [0.1, 0.15) is 5.75 Å². The molecule has 2 atom stereocenters. The van der Waals surface area contributed by atoms with Crippen LogP contribution < -0.4 is 0 Å². The summed E-state index contributed by atoms with van der Waals surface area (Å²) in [5.74, 6) is 2.22. The van der Waals surface area contributed by atoms with Crippen LogP contribution in [0.15, 0.2) is 18.2 Å². The van der Waals surface area contributed by atoms with E-state index < -0.39 is 0 Å². The van der Waals surface area contributed by atoms with Crippen LogP contribution in [0.1, 0.15) is 68.4 Å². The third-order valence-electron chi connectivity index (χ3n) is 6.47. The first kappa shape index (κ1) is 14.6. The van der Waals surface area contributed by atoms with Gasteiger partial charge in [-0.3, -0.25) is 4.90 Å². The Bertz CT molecular complexity index is 520. The van der Waals surface area contributed by atoms with E-state index in [1.54, 1.807) is 0 Å². The van der Waals surface area contributed by atoms with Crippen LogP contribution in [-0.2, 0) is 6.42 Å². The van der Waals surface area contributed by atoms with Crippen molar-refractivity contribution in [3.63, 3.8) is 0 Å². The van der Waals surface area contributed by atoms with E-state index in [2.05, 4.69) is 11.0 Å². The van der Waals surface area contributed by atoms with E-state index in [-0.39, 0.29) is 0 Å². The van der Waals surface area contributed by atoms with Gasteiger partial charge >= 0.3 is 0 Å². The van der Waals surface area contributed by atoms with Gasteiger partial charge in [-0.1, -0.05) is 37.8 Å². The molecule has 1 saturated heterocycles. The van der Waals surface area contributed by atoms with E-state index in [0.29, 0.717) is 11.7 Å². The molecule has 1 heterocycles. The molecule has 3 aliphatic rings. The Morgan fingerprint density at radius 3 is 2.82 bits per heavy atom. The van der Waals surface area contributed by atoms with Crippen molar-refractivity contribution in [1.82, 2.24) is 4.90 Å². The summed E-state index contributed by atoms with van der Waals surface area (Å²) in [6.45, 7) is 2.56. The minimum absolute atomic E-state index is 0.524. The highest BCUT2D eigenvalue weighted by atomic mass is 16.3. The fraction of sp³-hybridized carbons (Fsp3) is 0.700. The normalized spacial score (nSPS) is 28.7. The van der Waals surface area contributed by atoms with Gasteiger partial charge in [0.05, 0.1) is 0 Å². The second-order valence-corrected chi connectivity index (χ2v) is 7.67. The molecule has 2 fully saturated rings. The zero-order chi connectivity index (χ0) is 14.9. The van der Waals surface area contributed by atoms with Crippen molar-refractivity contribution in [3.05, 3.63) is 29.3 Å². The molecule has 2 heteroatoms. The van der Waals surface area contributed by atoms with Gasteiger partial charge < -0.3 is 5.11 Å². The topological polar surface area (TPSA) is 23.5 Å². The van der Waals surface area contributed by atoms with Gasteiger partial charge in [0.25, 0.3) is 0 Å². The van der Waals surface area contributed by atoms with Gasteiger partial charge in [0.15, 0.2) is 0 Å². The first-order valence-corrected chi connectivity index (χ1v) is 9.38. The lowest BCUT2D eigenvalue weighted by Gasteiger charge is -2.33. The molecule has 2 unspecified atom stereocenters. The number of fused-ring (bicyclic) bond motifs is 3. The summed E-state index contributed by atoms with van der Waals surface area (Å²) in [4.78, 5) is 2.76. The van der Waals surface area contributed by atoms with Crippen LogP contribution in [0.5, 0.6) is 5.75 Å². The van der Waals surface area contributed by atoms with Crippen LogP contribution in [0.3, 0.4) is 0 Å². The lowest BCUT2D eigenvalue weighted by atomic mass is 9.79. The molecule has 1 aromatic rings. The molecule has 0 aromatic heterocycles. The third-order valence-corrected chi connectivity index (χ3v) is 6.47. The maximum absolute atomic E-state index is 10.1. The van der Waals surface area contributed by atoms with E-state index in [1.165, 1.54) is 75.6 Å². The van der Waals surface area contributed by atoms with Crippen molar-refractivity contribution in [1.29, 1.82) is 0 Å². The lowest BCUT2D eigenvalue weighted by Crippen LogP contribution is -2.35. The van der Waals surface area contributed by atoms with Gasteiger partial charge in [0.2, 0.25) is 0 Å². The molecule has 0 amide bonds. The second kappa shape index (κ2) is 6.23. The Morgan fingerprint density at radius 2 is 1.95 bits per heavy atom. The van der Waals surface area contributed by atoms with Gasteiger partial charge in [0, 0.05) is 12.0 Å². The van der Waals surface area contributed by atoms with Crippen LogP contribution in [0.25, 0.3) is 0 Å². The minimum atomic E-state index is 0.524. The van der Waals surface area contributed by atoms with Gasteiger partial charge in [-0.05, 0) is 68.3 Å². The average molecular weight is 299 g/mol.